The second-order valence-electron chi connectivity index (χ2n) is 6.90. The lowest BCUT2D eigenvalue weighted by molar-refractivity contribution is 0.0951. The maximum Gasteiger partial charge on any atom is 0.258 e. The number of pyridine rings is 1. The Morgan fingerprint density at radius 1 is 1.07 bits per heavy atom. The highest BCUT2D eigenvalue weighted by molar-refractivity contribution is 7.89. The Bertz CT molecular complexity index is 1230. The number of sulfonamides is 1. The molecule has 3 N–H and O–H groups in total. The van der Waals surface area contributed by atoms with E-state index in [1.165, 1.54) is 12.1 Å². The number of hydrogen-bond acceptors (Lipinski definition) is 4. The summed E-state index contributed by atoms with van der Waals surface area (Å²) >= 11 is 0. The molecule has 4 rings (SSSR count). The number of carbonyl (C=O) groups excluding carboxylic acids is 1. The minimum absolute atomic E-state index is 0.0186. The Balaban J connectivity index is 1.61. The van der Waals surface area contributed by atoms with Gasteiger partial charge in [0.2, 0.25) is 10.0 Å². The molecule has 2 aromatic carbocycles. The number of hydrogen-bond donors (Lipinski definition) is 2. The van der Waals surface area contributed by atoms with Gasteiger partial charge in [0.25, 0.3) is 11.5 Å². The SMILES string of the molecule is NS(=O)(=O)c1ccc(CNC(=O)c2cn(C3CC3)c(=O)c3ccccc23)cc1. The first-order chi connectivity index (χ1) is 13.3. The summed E-state index contributed by atoms with van der Waals surface area (Å²) in [6.07, 6.45) is 3.52. The van der Waals surface area contributed by atoms with Gasteiger partial charge in [-0.15, -0.1) is 0 Å². The van der Waals surface area contributed by atoms with Crippen molar-refractivity contribution in [1.29, 1.82) is 0 Å². The number of nitrogens with two attached hydrogens (primary N) is 1. The lowest BCUT2D eigenvalue weighted by Crippen LogP contribution is -2.27. The molecule has 28 heavy (non-hydrogen) atoms. The summed E-state index contributed by atoms with van der Waals surface area (Å²) in [6.45, 7) is 0.223. The van der Waals surface area contributed by atoms with Crippen molar-refractivity contribution in [3.63, 3.8) is 0 Å². The lowest BCUT2D eigenvalue weighted by atomic mass is 10.1. The maximum atomic E-state index is 12.8. The van der Waals surface area contributed by atoms with Crippen LogP contribution in [0.1, 0.15) is 34.8 Å². The van der Waals surface area contributed by atoms with E-state index in [0.29, 0.717) is 16.3 Å². The molecule has 0 unspecified atom stereocenters. The van der Waals surface area contributed by atoms with E-state index in [9.17, 15) is 18.0 Å². The fourth-order valence-corrected chi connectivity index (χ4v) is 3.71. The van der Waals surface area contributed by atoms with E-state index in [1.807, 2.05) is 0 Å². The molecule has 1 heterocycles. The molecule has 0 atom stereocenters. The Morgan fingerprint density at radius 2 is 1.71 bits per heavy atom. The van der Waals surface area contributed by atoms with Crippen LogP contribution in [0.25, 0.3) is 10.8 Å². The van der Waals surface area contributed by atoms with Gasteiger partial charge in [-0.1, -0.05) is 30.3 Å². The van der Waals surface area contributed by atoms with Crippen molar-refractivity contribution in [2.45, 2.75) is 30.3 Å². The first-order valence-corrected chi connectivity index (χ1v) is 10.4. The number of aromatic nitrogens is 1. The van der Waals surface area contributed by atoms with E-state index in [-0.39, 0.29) is 28.9 Å². The monoisotopic (exact) mass is 397 g/mol. The van der Waals surface area contributed by atoms with Crippen LogP contribution in [0.4, 0.5) is 0 Å². The van der Waals surface area contributed by atoms with E-state index in [0.717, 1.165) is 18.4 Å². The summed E-state index contributed by atoms with van der Waals surface area (Å²) in [7, 11) is -3.75. The highest BCUT2D eigenvalue weighted by Gasteiger charge is 2.26. The summed E-state index contributed by atoms with van der Waals surface area (Å²) in [5.41, 5.74) is 1.11. The number of carbonyl (C=O) groups is 1. The summed E-state index contributed by atoms with van der Waals surface area (Å²) in [5.74, 6) is -0.291. The van der Waals surface area contributed by atoms with Gasteiger partial charge in [-0.25, -0.2) is 13.6 Å². The minimum atomic E-state index is -3.75. The van der Waals surface area contributed by atoms with Gasteiger partial charge >= 0.3 is 0 Å². The Labute approximate surface area is 161 Å². The highest BCUT2D eigenvalue weighted by Crippen LogP contribution is 2.34. The van der Waals surface area contributed by atoms with Crippen molar-refractivity contribution < 1.29 is 13.2 Å². The number of nitrogens with one attached hydrogen (secondary N) is 1. The number of amides is 1. The number of fused-ring (bicyclic) bond motifs is 1. The molecule has 0 aliphatic heterocycles. The second-order valence-corrected chi connectivity index (χ2v) is 8.47. The smallest absolute Gasteiger partial charge is 0.258 e. The van der Waals surface area contributed by atoms with Gasteiger partial charge in [-0.2, -0.15) is 0 Å². The Hall–Kier alpha value is -2.97. The van der Waals surface area contributed by atoms with Crippen molar-refractivity contribution in [3.8, 4) is 0 Å². The molecular formula is C20H19N3O4S. The van der Waals surface area contributed by atoms with Crippen LogP contribution in [-0.4, -0.2) is 18.9 Å². The van der Waals surface area contributed by atoms with Crippen LogP contribution >= 0.6 is 0 Å². The summed E-state index contributed by atoms with van der Waals surface area (Å²) < 4.78 is 24.3. The molecule has 0 bridgehead atoms. The number of rotatable bonds is 5. The normalized spacial score (nSPS) is 14.2. The van der Waals surface area contributed by atoms with Crippen LogP contribution < -0.4 is 16.0 Å². The minimum Gasteiger partial charge on any atom is -0.348 e. The van der Waals surface area contributed by atoms with Crippen molar-refractivity contribution in [3.05, 3.63) is 76.2 Å². The molecule has 8 heteroatoms. The van der Waals surface area contributed by atoms with Gasteiger partial charge in [-0.05, 0) is 36.6 Å². The lowest BCUT2D eigenvalue weighted by Gasteiger charge is -2.12. The molecule has 3 aromatic rings. The van der Waals surface area contributed by atoms with Gasteiger partial charge in [-0.3, -0.25) is 9.59 Å². The third-order valence-corrected chi connectivity index (χ3v) is 5.77. The predicted octanol–water partition coefficient (Wildman–Crippen LogP) is 1.91. The molecule has 1 saturated carbocycles. The summed E-state index contributed by atoms with van der Waals surface area (Å²) in [6, 6.07) is 13.3. The third kappa shape index (κ3) is 3.56. The van der Waals surface area contributed by atoms with Crippen LogP contribution in [0.3, 0.4) is 0 Å². The zero-order valence-corrected chi connectivity index (χ0v) is 15.8. The zero-order chi connectivity index (χ0) is 19.9. The average molecular weight is 397 g/mol. The topological polar surface area (TPSA) is 111 Å². The van der Waals surface area contributed by atoms with Gasteiger partial charge in [0.1, 0.15) is 0 Å². The molecule has 7 nitrogen and oxygen atoms in total. The molecule has 1 aliphatic rings. The third-order valence-electron chi connectivity index (χ3n) is 4.84. The summed E-state index contributed by atoms with van der Waals surface area (Å²) in [4.78, 5) is 25.5. The molecule has 1 fully saturated rings. The molecule has 1 amide bonds. The van der Waals surface area contributed by atoms with Crippen LogP contribution in [0.5, 0.6) is 0 Å². The van der Waals surface area contributed by atoms with Crippen LogP contribution in [0.15, 0.2) is 64.4 Å². The molecular weight excluding hydrogens is 378 g/mol. The van der Waals surface area contributed by atoms with E-state index in [4.69, 9.17) is 5.14 Å². The maximum absolute atomic E-state index is 12.8. The van der Waals surface area contributed by atoms with Crippen molar-refractivity contribution in [2.75, 3.05) is 0 Å². The zero-order valence-electron chi connectivity index (χ0n) is 15.0. The van der Waals surface area contributed by atoms with Crippen molar-refractivity contribution in [2.24, 2.45) is 5.14 Å². The van der Waals surface area contributed by atoms with Gasteiger partial charge in [0.15, 0.2) is 0 Å². The molecule has 1 aliphatic carbocycles. The van der Waals surface area contributed by atoms with E-state index in [2.05, 4.69) is 5.32 Å². The van der Waals surface area contributed by atoms with E-state index < -0.39 is 10.0 Å². The molecule has 0 spiro atoms. The quantitative estimate of drug-likeness (QED) is 0.685. The largest absolute Gasteiger partial charge is 0.348 e. The van der Waals surface area contributed by atoms with Crippen molar-refractivity contribution >= 4 is 26.7 Å². The summed E-state index contributed by atoms with van der Waals surface area (Å²) in [5, 5.41) is 9.07. The molecule has 144 valence electrons. The van der Waals surface area contributed by atoms with Gasteiger partial charge in [0, 0.05) is 29.6 Å². The Morgan fingerprint density at radius 3 is 2.32 bits per heavy atom. The number of nitrogens with zero attached hydrogens (tertiary/aromatic N) is 1. The van der Waals surface area contributed by atoms with Crippen molar-refractivity contribution in [1.82, 2.24) is 9.88 Å². The fraction of sp³-hybridized carbons (Fsp3) is 0.200. The number of primary sulfonamides is 1. The fourth-order valence-electron chi connectivity index (χ4n) is 3.19. The molecule has 1 aromatic heterocycles. The van der Waals surface area contributed by atoms with E-state index >= 15 is 0 Å². The average Bonchev–Trinajstić information content (AvgIpc) is 3.51. The van der Waals surface area contributed by atoms with Crippen LogP contribution in [0, 0.1) is 0 Å². The van der Waals surface area contributed by atoms with Gasteiger partial charge < -0.3 is 9.88 Å². The van der Waals surface area contributed by atoms with Crippen LogP contribution in [0.2, 0.25) is 0 Å². The second kappa shape index (κ2) is 6.88. The van der Waals surface area contributed by atoms with E-state index in [1.54, 1.807) is 47.2 Å². The Kier molecular flexibility index (Phi) is 4.52. The highest BCUT2D eigenvalue weighted by atomic mass is 32.2. The first-order valence-electron chi connectivity index (χ1n) is 8.88. The number of benzene rings is 2. The van der Waals surface area contributed by atoms with Crippen LogP contribution in [-0.2, 0) is 16.6 Å². The van der Waals surface area contributed by atoms with Gasteiger partial charge in [0.05, 0.1) is 10.5 Å². The standard InChI is InChI=1S/C20H19N3O4S/c21-28(26,27)15-9-5-13(6-10-15)11-22-19(24)18-12-23(14-7-8-14)20(25)17-4-2-1-3-16(17)18/h1-6,9-10,12,14H,7-8,11H2,(H,22,24)(H2,21,26,27). The first kappa shape index (κ1) is 18.4. The molecule has 0 saturated heterocycles. The molecule has 0 radical (unpaired) electrons. The predicted molar refractivity (Wildman–Crippen MR) is 105 cm³/mol.